The fraction of sp³-hybridized carbons (Fsp3) is 0.417. The number of hydrogen-bond donors (Lipinski definition) is 1. The number of likely N-dealkylation sites (tertiary alicyclic amines) is 1. The quantitative estimate of drug-likeness (QED) is 0.749. The summed E-state index contributed by atoms with van der Waals surface area (Å²) in [5.74, 6) is 0. The van der Waals surface area contributed by atoms with Crippen LogP contribution in [0.1, 0.15) is 18.4 Å². The SMILES string of the molecule is c1ccc(N2CCN(C3CCN(Cc4c[nH]c5ccccc45)CC3)CC2)cc1. The second-order valence-corrected chi connectivity index (χ2v) is 8.23. The van der Waals surface area contributed by atoms with Crippen molar-refractivity contribution in [3.63, 3.8) is 0 Å². The van der Waals surface area contributed by atoms with E-state index in [0.717, 1.165) is 25.7 Å². The molecule has 0 bridgehead atoms. The molecule has 4 heteroatoms. The van der Waals surface area contributed by atoms with Crippen molar-refractivity contribution in [1.29, 1.82) is 0 Å². The van der Waals surface area contributed by atoms with E-state index >= 15 is 0 Å². The van der Waals surface area contributed by atoms with E-state index in [1.54, 1.807) is 0 Å². The summed E-state index contributed by atoms with van der Waals surface area (Å²) in [7, 11) is 0. The first kappa shape index (κ1) is 17.8. The number of aromatic amines is 1. The van der Waals surface area contributed by atoms with Crippen molar-refractivity contribution in [2.75, 3.05) is 44.2 Å². The van der Waals surface area contributed by atoms with E-state index in [1.165, 1.54) is 61.2 Å². The molecule has 5 rings (SSSR count). The zero-order valence-corrected chi connectivity index (χ0v) is 16.6. The summed E-state index contributed by atoms with van der Waals surface area (Å²) in [5.41, 5.74) is 4.06. The Kier molecular flexibility index (Phi) is 5.06. The van der Waals surface area contributed by atoms with Crippen LogP contribution in [-0.4, -0.2) is 60.1 Å². The van der Waals surface area contributed by atoms with E-state index in [1.807, 2.05) is 0 Å². The van der Waals surface area contributed by atoms with Crippen LogP contribution >= 0.6 is 0 Å². The number of nitrogens with zero attached hydrogens (tertiary/aromatic N) is 3. The first-order chi connectivity index (χ1) is 13.9. The molecule has 2 aromatic carbocycles. The normalized spacial score (nSPS) is 20.1. The molecule has 0 unspecified atom stereocenters. The number of rotatable bonds is 4. The van der Waals surface area contributed by atoms with Crippen LogP contribution in [0.5, 0.6) is 0 Å². The van der Waals surface area contributed by atoms with Crippen molar-refractivity contribution in [3.05, 3.63) is 66.4 Å². The average Bonchev–Trinajstić information content (AvgIpc) is 3.18. The van der Waals surface area contributed by atoms with Crippen molar-refractivity contribution in [1.82, 2.24) is 14.8 Å². The second-order valence-electron chi connectivity index (χ2n) is 8.23. The van der Waals surface area contributed by atoms with E-state index < -0.39 is 0 Å². The van der Waals surface area contributed by atoms with Gasteiger partial charge in [-0.3, -0.25) is 9.80 Å². The highest BCUT2D eigenvalue weighted by atomic mass is 15.3. The minimum absolute atomic E-state index is 0.761. The van der Waals surface area contributed by atoms with Gasteiger partial charge in [0.2, 0.25) is 0 Å². The van der Waals surface area contributed by atoms with Gasteiger partial charge in [0.25, 0.3) is 0 Å². The fourth-order valence-corrected chi connectivity index (χ4v) is 4.93. The molecule has 0 saturated carbocycles. The molecule has 3 heterocycles. The topological polar surface area (TPSA) is 25.5 Å². The summed E-state index contributed by atoms with van der Waals surface area (Å²) in [6.45, 7) is 8.19. The summed E-state index contributed by atoms with van der Waals surface area (Å²) >= 11 is 0. The number of benzene rings is 2. The lowest BCUT2D eigenvalue weighted by Gasteiger charge is -2.43. The maximum absolute atomic E-state index is 3.42. The zero-order chi connectivity index (χ0) is 18.8. The van der Waals surface area contributed by atoms with Crippen LogP contribution < -0.4 is 4.90 Å². The van der Waals surface area contributed by atoms with Gasteiger partial charge in [0.1, 0.15) is 0 Å². The van der Waals surface area contributed by atoms with Crippen LogP contribution in [0.3, 0.4) is 0 Å². The number of piperazine rings is 1. The zero-order valence-electron chi connectivity index (χ0n) is 16.6. The summed E-state index contributed by atoms with van der Waals surface area (Å²) in [4.78, 5) is 11.3. The molecule has 4 nitrogen and oxygen atoms in total. The Bertz CT molecular complexity index is 887. The largest absolute Gasteiger partial charge is 0.369 e. The van der Waals surface area contributed by atoms with E-state index in [-0.39, 0.29) is 0 Å². The fourth-order valence-electron chi connectivity index (χ4n) is 4.93. The van der Waals surface area contributed by atoms with Gasteiger partial charge < -0.3 is 9.88 Å². The lowest BCUT2D eigenvalue weighted by molar-refractivity contribution is 0.100. The molecule has 2 fully saturated rings. The lowest BCUT2D eigenvalue weighted by atomic mass is 10.0. The van der Waals surface area contributed by atoms with E-state index in [9.17, 15) is 0 Å². The molecule has 0 radical (unpaired) electrons. The number of aromatic nitrogens is 1. The number of nitrogens with one attached hydrogen (secondary N) is 1. The Morgan fingerprint density at radius 3 is 2.29 bits per heavy atom. The maximum Gasteiger partial charge on any atom is 0.0457 e. The smallest absolute Gasteiger partial charge is 0.0457 e. The molecule has 0 atom stereocenters. The summed E-state index contributed by atoms with van der Waals surface area (Å²) < 4.78 is 0. The molecular formula is C24H30N4. The highest BCUT2D eigenvalue weighted by Crippen LogP contribution is 2.24. The lowest BCUT2D eigenvalue weighted by Crippen LogP contribution is -2.53. The predicted molar refractivity (Wildman–Crippen MR) is 117 cm³/mol. The molecule has 0 amide bonds. The highest BCUT2D eigenvalue weighted by molar-refractivity contribution is 5.82. The van der Waals surface area contributed by atoms with Crippen LogP contribution in [0.2, 0.25) is 0 Å². The Hall–Kier alpha value is -2.30. The van der Waals surface area contributed by atoms with Gasteiger partial charge in [0.05, 0.1) is 0 Å². The molecule has 146 valence electrons. The van der Waals surface area contributed by atoms with Crippen molar-refractivity contribution in [2.24, 2.45) is 0 Å². The van der Waals surface area contributed by atoms with Crippen molar-refractivity contribution in [3.8, 4) is 0 Å². The van der Waals surface area contributed by atoms with Crippen molar-refractivity contribution < 1.29 is 0 Å². The van der Waals surface area contributed by atoms with E-state index in [4.69, 9.17) is 0 Å². The van der Waals surface area contributed by atoms with Crippen molar-refractivity contribution >= 4 is 16.6 Å². The maximum atomic E-state index is 3.42. The summed E-state index contributed by atoms with van der Waals surface area (Å²) in [6.07, 6.45) is 4.79. The van der Waals surface area contributed by atoms with Crippen LogP contribution in [-0.2, 0) is 6.54 Å². The van der Waals surface area contributed by atoms with Crippen LogP contribution in [0.15, 0.2) is 60.8 Å². The third kappa shape index (κ3) is 3.67. The average molecular weight is 375 g/mol. The Morgan fingerprint density at radius 2 is 1.50 bits per heavy atom. The Labute approximate surface area is 167 Å². The van der Waals surface area contributed by atoms with Gasteiger partial charge in [-0.25, -0.2) is 0 Å². The number of para-hydroxylation sites is 2. The first-order valence-electron chi connectivity index (χ1n) is 10.7. The van der Waals surface area contributed by atoms with Gasteiger partial charge in [-0.1, -0.05) is 36.4 Å². The number of anilines is 1. The summed E-state index contributed by atoms with van der Waals surface area (Å²) in [6, 6.07) is 20.3. The monoisotopic (exact) mass is 374 g/mol. The molecule has 1 N–H and O–H groups in total. The minimum atomic E-state index is 0.761. The first-order valence-corrected chi connectivity index (χ1v) is 10.7. The van der Waals surface area contributed by atoms with E-state index in [0.29, 0.717) is 0 Å². The molecule has 28 heavy (non-hydrogen) atoms. The molecule has 2 saturated heterocycles. The Balaban J connectivity index is 1.13. The molecule has 0 spiro atoms. The van der Waals surface area contributed by atoms with Crippen LogP contribution in [0.4, 0.5) is 5.69 Å². The van der Waals surface area contributed by atoms with Crippen LogP contribution in [0, 0.1) is 0 Å². The molecule has 2 aliphatic heterocycles. The third-order valence-electron chi connectivity index (χ3n) is 6.58. The second kappa shape index (κ2) is 7.98. The number of fused-ring (bicyclic) bond motifs is 1. The van der Waals surface area contributed by atoms with Gasteiger partial charge in [-0.2, -0.15) is 0 Å². The minimum Gasteiger partial charge on any atom is -0.369 e. The Morgan fingerprint density at radius 1 is 0.786 bits per heavy atom. The molecule has 1 aromatic heterocycles. The molecule has 0 aliphatic carbocycles. The van der Waals surface area contributed by atoms with E-state index in [2.05, 4.69) is 80.5 Å². The van der Waals surface area contributed by atoms with Crippen LogP contribution in [0.25, 0.3) is 10.9 Å². The van der Waals surface area contributed by atoms with Gasteiger partial charge in [0.15, 0.2) is 0 Å². The van der Waals surface area contributed by atoms with Gasteiger partial charge >= 0.3 is 0 Å². The highest BCUT2D eigenvalue weighted by Gasteiger charge is 2.27. The predicted octanol–water partition coefficient (Wildman–Crippen LogP) is 3.95. The molecule has 3 aromatic rings. The third-order valence-corrected chi connectivity index (χ3v) is 6.58. The number of H-pyrrole nitrogens is 1. The molecular weight excluding hydrogens is 344 g/mol. The number of hydrogen-bond acceptors (Lipinski definition) is 3. The summed E-state index contributed by atoms with van der Waals surface area (Å²) in [5, 5.41) is 1.38. The van der Waals surface area contributed by atoms with Gasteiger partial charge in [-0.15, -0.1) is 0 Å². The van der Waals surface area contributed by atoms with Crippen molar-refractivity contribution in [2.45, 2.75) is 25.4 Å². The van der Waals surface area contributed by atoms with Gasteiger partial charge in [-0.05, 0) is 49.7 Å². The number of piperidine rings is 1. The standard InChI is InChI=1S/C24H30N4/c1-2-6-21(7-3-1)27-14-16-28(17-15-27)22-10-12-26(13-11-22)19-20-18-25-24-9-5-4-8-23(20)24/h1-9,18,22,25H,10-17,19H2. The molecule has 2 aliphatic rings. The van der Waals surface area contributed by atoms with Gasteiger partial charge in [0, 0.05) is 61.6 Å².